The fourth-order valence-electron chi connectivity index (χ4n) is 2.03. The number of aromatic nitrogens is 2. The maximum absolute atomic E-state index is 12.8. The van der Waals surface area contributed by atoms with Gasteiger partial charge in [0, 0.05) is 17.1 Å². The predicted octanol–water partition coefficient (Wildman–Crippen LogP) is 3.13. The van der Waals surface area contributed by atoms with E-state index in [4.69, 9.17) is 0 Å². The van der Waals surface area contributed by atoms with Crippen LogP contribution in [0.4, 0.5) is 4.39 Å². The number of nitrogens with zero attached hydrogens (tertiary/aromatic N) is 2. The normalized spacial score (nSPS) is 10.7. The highest BCUT2D eigenvalue weighted by molar-refractivity contribution is 6.03. The summed E-state index contributed by atoms with van der Waals surface area (Å²) in [6.45, 7) is 0. The number of rotatable bonds is 2. The van der Waals surface area contributed by atoms with Gasteiger partial charge in [0.15, 0.2) is 0 Å². The number of pyridine rings is 2. The minimum Gasteiger partial charge on any atom is -0.478 e. The summed E-state index contributed by atoms with van der Waals surface area (Å²) in [6.07, 6.45) is 1.33. The first-order valence-electron chi connectivity index (χ1n) is 5.90. The van der Waals surface area contributed by atoms with Gasteiger partial charge in [-0.3, -0.25) is 0 Å². The predicted molar refractivity (Wildman–Crippen MR) is 71.9 cm³/mol. The van der Waals surface area contributed by atoms with Crippen LogP contribution in [0.5, 0.6) is 0 Å². The van der Waals surface area contributed by atoms with Crippen molar-refractivity contribution < 1.29 is 14.3 Å². The van der Waals surface area contributed by atoms with Crippen LogP contribution in [0.1, 0.15) is 10.4 Å². The quantitative estimate of drug-likeness (QED) is 0.725. The number of carbonyl (C=O) groups is 1. The first kappa shape index (κ1) is 12.2. The molecule has 98 valence electrons. The molecule has 1 aromatic carbocycles. The molecule has 0 fully saturated rings. The van der Waals surface area contributed by atoms with Crippen molar-refractivity contribution in [2.45, 2.75) is 0 Å². The van der Waals surface area contributed by atoms with Gasteiger partial charge < -0.3 is 5.11 Å². The average molecular weight is 268 g/mol. The molecular weight excluding hydrogens is 259 g/mol. The molecule has 0 saturated heterocycles. The molecule has 0 unspecified atom stereocenters. The Morgan fingerprint density at radius 2 is 1.95 bits per heavy atom. The van der Waals surface area contributed by atoms with E-state index in [2.05, 4.69) is 9.97 Å². The van der Waals surface area contributed by atoms with E-state index in [1.165, 1.54) is 24.4 Å². The summed E-state index contributed by atoms with van der Waals surface area (Å²) in [5.74, 6) is -1.62. The molecule has 0 aliphatic heterocycles. The van der Waals surface area contributed by atoms with Crippen molar-refractivity contribution in [3.05, 3.63) is 60.2 Å². The van der Waals surface area contributed by atoms with Gasteiger partial charge in [0.2, 0.25) is 5.95 Å². The molecule has 0 spiro atoms. The minimum absolute atomic E-state index is 0.162. The van der Waals surface area contributed by atoms with Crippen LogP contribution < -0.4 is 0 Å². The van der Waals surface area contributed by atoms with Gasteiger partial charge in [0.05, 0.1) is 16.8 Å². The number of fused-ring (bicyclic) bond motifs is 1. The summed E-state index contributed by atoms with van der Waals surface area (Å²) in [4.78, 5) is 19.3. The number of benzene rings is 1. The second-order valence-electron chi connectivity index (χ2n) is 4.25. The molecule has 2 aromatic heterocycles. The van der Waals surface area contributed by atoms with Gasteiger partial charge in [-0.1, -0.05) is 18.2 Å². The summed E-state index contributed by atoms with van der Waals surface area (Å²) in [5, 5.41) is 9.86. The molecule has 0 aliphatic rings. The topological polar surface area (TPSA) is 63.1 Å². The lowest BCUT2D eigenvalue weighted by Crippen LogP contribution is -2.00. The molecule has 5 heteroatoms. The maximum Gasteiger partial charge on any atom is 0.336 e. The van der Waals surface area contributed by atoms with Crippen molar-refractivity contribution >= 4 is 16.9 Å². The molecule has 0 aliphatic carbocycles. The van der Waals surface area contributed by atoms with Crippen LogP contribution in [0, 0.1) is 5.95 Å². The smallest absolute Gasteiger partial charge is 0.336 e. The lowest BCUT2D eigenvalue weighted by atomic mass is 10.1. The van der Waals surface area contributed by atoms with Crippen molar-refractivity contribution in [1.29, 1.82) is 0 Å². The maximum atomic E-state index is 12.8. The molecule has 4 nitrogen and oxygen atoms in total. The van der Waals surface area contributed by atoms with E-state index in [1.54, 1.807) is 24.3 Å². The highest BCUT2D eigenvalue weighted by Crippen LogP contribution is 2.24. The van der Waals surface area contributed by atoms with Crippen molar-refractivity contribution in [3.63, 3.8) is 0 Å². The lowest BCUT2D eigenvalue weighted by Gasteiger charge is -2.06. The number of carboxylic acid groups (broad SMARTS) is 1. The second-order valence-corrected chi connectivity index (χ2v) is 4.25. The number of halogens is 1. The lowest BCUT2D eigenvalue weighted by molar-refractivity contribution is 0.0699. The number of hydrogen-bond donors (Lipinski definition) is 1. The van der Waals surface area contributed by atoms with Crippen molar-refractivity contribution in [3.8, 4) is 11.3 Å². The third-order valence-corrected chi connectivity index (χ3v) is 2.97. The second kappa shape index (κ2) is 4.70. The van der Waals surface area contributed by atoms with E-state index in [-0.39, 0.29) is 5.56 Å². The zero-order valence-corrected chi connectivity index (χ0v) is 10.2. The molecule has 0 amide bonds. The van der Waals surface area contributed by atoms with Crippen LogP contribution >= 0.6 is 0 Å². The average Bonchev–Trinajstić information content (AvgIpc) is 2.46. The van der Waals surface area contributed by atoms with Gasteiger partial charge in [0.1, 0.15) is 0 Å². The Morgan fingerprint density at radius 3 is 2.65 bits per heavy atom. The molecule has 0 radical (unpaired) electrons. The van der Waals surface area contributed by atoms with E-state index in [0.29, 0.717) is 22.2 Å². The van der Waals surface area contributed by atoms with Crippen molar-refractivity contribution in [2.75, 3.05) is 0 Å². The molecule has 0 saturated carbocycles. The Kier molecular flexibility index (Phi) is 2.87. The highest BCUT2D eigenvalue weighted by atomic mass is 19.1. The van der Waals surface area contributed by atoms with Gasteiger partial charge >= 0.3 is 5.97 Å². The molecular formula is C15H9FN2O2. The summed E-state index contributed by atoms with van der Waals surface area (Å²) < 4.78 is 12.8. The summed E-state index contributed by atoms with van der Waals surface area (Å²) >= 11 is 0. The zero-order valence-electron chi connectivity index (χ0n) is 10.2. The third-order valence-electron chi connectivity index (χ3n) is 2.97. The number of para-hydroxylation sites is 1. The van der Waals surface area contributed by atoms with Gasteiger partial charge in [0.25, 0.3) is 0 Å². The summed E-state index contributed by atoms with van der Waals surface area (Å²) in [7, 11) is 0. The van der Waals surface area contributed by atoms with E-state index in [1.807, 2.05) is 0 Å². The van der Waals surface area contributed by atoms with Crippen LogP contribution in [0.25, 0.3) is 22.2 Å². The summed E-state index contributed by atoms with van der Waals surface area (Å²) in [5.41, 5.74) is 1.76. The standard InChI is InChI=1S/C15H9FN2O2/c16-14-6-5-9(8-17-14)13-7-11(15(19)20)10-3-1-2-4-12(10)18-13/h1-8H,(H,19,20). The Labute approximate surface area is 113 Å². The molecule has 20 heavy (non-hydrogen) atoms. The Hall–Kier alpha value is -2.82. The van der Waals surface area contributed by atoms with Crippen LogP contribution in [0.15, 0.2) is 48.7 Å². The molecule has 0 bridgehead atoms. The highest BCUT2D eigenvalue weighted by Gasteiger charge is 2.12. The van der Waals surface area contributed by atoms with Gasteiger partial charge in [-0.2, -0.15) is 4.39 Å². The van der Waals surface area contributed by atoms with E-state index in [0.717, 1.165) is 0 Å². The molecule has 0 atom stereocenters. The molecule has 1 N–H and O–H groups in total. The monoisotopic (exact) mass is 268 g/mol. The van der Waals surface area contributed by atoms with Crippen LogP contribution in [-0.2, 0) is 0 Å². The van der Waals surface area contributed by atoms with Gasteiger partial charge in [-0.15, -0.1) is 0 Å². The first-order chi connectivity index (χ1) is 9.65. The fraction of sp³-hybridized carbons (Fsp3) is 0. The van der Waals surface area contributed by atoms with Crippen LogP contribution in [-0.4, -0.2) is 21.0 Å². The van der Waals surface area contributed by atoms with Gasteiger partial charge in [-0.25, -0.2) is 14.8 Å². The fourth-order valence-corrected chi connectivity index (χ4v) is 2.03. The molecule has 3 aromatic rings. The largest absolute Gasteiger partial charge is 0.478 e. The minimum atomic E-state index is -1.03. The van der Waals surface area contributed by atoms with Crippen LogP contribution in [0.3, 0.4) is 0 Å². The van der Waals surface area contributed by atoms with E-state index < -0.39 is 11.9 Å². The van der Waals surface area contributed by atoms with Crippen molar-refractivity contribution in [1.82, 2.24) is 9.97 Å². The summed E-state index contributed by atoms with van der Waals surface area (Å²) in [6, 6.07) is 11.2. The van der Waals surface area contributed by atoms with Crippen LogP contribution in [0.2, 0.25) is 0 Å². The Morgan fingerprint density at radius 1 is 1.15 bits per heavy atom. The molecule has 3 rings (SSSR count). The van der Waals surface area contributed by atoms with Gasteiger partial charge in [-0.05, 0) is 24.3 Å². The van der Waals surface area contributed by atoms with E-state index in [9.17, 15) is 14.3 Å². The zero-order chi connectivity index (χ0) is 14.1. The Balaban J connectivity index is 2.27. The third kappa shape index (κ3) is 2.09. The number of carboxylic acids is 1. The van der Waals surface area contributed by atoms with Crippen molar-refractivity contribution in [2.24, 2.45) is 0 Å². The Bertz CT molecular complexity index is 801. The SMILES string of the molecule is O=C(O)c1cc(-c2ccc(F)nc2)nc2ccccc12. The molecule has 2 heterocycles. The number of aromatic carboxylic acids is 1. The number of hydrogen-bond acceptors (Lipinski definition) is 3. The van der Waals surface area contributed by atoms with E-state index >= 15 is 0 Å². The first-order valence-corrected chi connectivity index (χ1v) is 5.90.